The van der Waals surface area contributed by atoms with Crippen molar-refractivity contribution in [3.63, 3.8) is 0 Å². The quantitative estimate of drug-likeness (QED) is 0.854. The summed E-state index contributed by atoms with van der Waals surface area (Å²) in [5.74, 6) is 0.678. The molecule has 2 aliphatic rings. The predicted octanol–water partition coefficient (Wildman–Crippen LogP) is 3.43. The third-order valence-corrected chi connectivity index (χ3v) is 5.25. The summed E-state index contributed by atoms with van der Waals surface area (Å²) in [5, 5.41) is 4.90. The molecule has 3 heterocycles. The first-order valence-corrected chi connectivity index (χ1v) is 7.66. The molecule has 2 aromatic rings. The van der Waals surface area contributed by atoms with Crippen molar-refractivity contribution in [2.24, 2.45) is 0 Å². The van der Waals surface area contributed by atoms with Gasteiger partial charge in [0, 0.05) is 34.6 Å². The highest BCUT2D eigenvalue weighted by atomic mass is 79.9. The van der Waals surface area contributed by atoms with E-state index in [0.29, 0.717) is 5.92 Å². The van der Waals surface area contributed by atoms with Crippen molar-refractivity contribution in [2.45, 2.75) is 31.7 Å². The van der Waals surface area contributed by atoms with Gasteiger partial charge in [-0.3, -0.25) is 0 Å². The molecule has 18 heavy (non-hydrogen) atoms. The number of benzene rings is 1. The molecule has 1 atom stereocenters. The van der Waals surface area contributed by atoms with Crippen molar-refractivity contribution in [2.75, 3.05) is 13.1 Å². The summed E-state index contributed by atoms with van der Waals surface area (Å²) in [7, 11) is 0. The molecule has 4 rings (SSSR count). The van der Waals surface area contributed by atoms with Crippen LogP contribution in [0, 0.1) is 0 Å². The van der Waals surface area contributed by atoms with Gasteiger partial charge in [-0.1, -0.05) is 18.2 Å². The highest BCUT2D eigenvalue weighted by Gasteiger charge is 2.27. The van der Waals surface area contributed by atoms with Crippen molar-refractivity contribution in [3.05, 3.63) is 33.9 Å². The number of nitrogens with zero attached hydrogens (tertiary/aromatic N) is 1. The standard InChI is InChI=1S/C15H17BrN2/c16-13-12-5-1-3-10-4-2-8-18(14(10)12)15(13)11-6-7-17-9-11/h1,3,5,11,17H,2,4,6-9H2. The molecule has 1 fully saturated rings. The Morgan fingerprint density at radius 3 is 3.11 bits per heavy atom. The van der Waals surface area contributed by atoms with Gasteiger partial charge in [-0.15, -0.1) is 0 Å². The largest absolute Gasteiger partial charge is 0.343 e. The third-order valence-electron chi connectivity index (χ3n) is 4.42. The molecular weight excluding hydrogens is 288 g/mol. The number of halogens is 1. The Labute approximate surface area is 115 Å². The van der Waals surface area contributed by atoms with Crippen LogP contribution < -0.4 is 5.32 Å². The predicted molar refractivity (Wildman–Crippen MR) is 78.2 cm³/mol. The third kappa shape index (κ3) is 1.44. The van der Waals surface area contributed by atoms with Crippen LogP contribution in [-0.2, 0) is 13.0 Å². The summed E-state index contributed by atoms with van der Waals surface area (Å²) in [6.45, 7) is 3.47. The van der Waals surface area contributed by atoms with Gasteiger partial charge in [-0.05, 0) is 47.3 Å². The Kier molecular flexibility index (Phi) is 2.52. The number of para-hydroxylation sites is 1. The van der Waals surface area contributed by atoms with Gasteiger partial charge in [0.05, 0.1) is 5.52 Å². The van der Waals surface area contributed by atoms with Crippen LogP contribution in [0.15, 0.2) is 22.7 Å². The van der Waals surface area contributed by atoms with Crippen LogP contribution in [0.1, 0.15) is 30.0 Å². The van der Waals surface area contributed by atoms with E-state index in [1.54, 1.807) is 0 Å². The minimum absolute atomic E-state index is 0.678. The first kappa shape index (κ1) is 11.1. The number of hydrogen-bond donors (Lipinski definition) is 1. The van der Waals surface area contributed by atoms with Gasteiger partial charge < -0.3 is 9.88 Å². The number of aryl methyl sites for hydroxylation is 2. The maximum atomic E-state index is 3.87. The van der Waals surface area contributed by atoms with Gasteiger partial charge in [0.1, 0.15) is 0 Å². The minimum Gasteiger partial charge on any atom is -0.343 e. The van der Waals surface area contributed by atoms with Crippen molar-refractivity contribution in [3.8, 4) is 0 Å². The van der Waals surface area contributed by atoms with E-state index in [-0.39, 0.29) is 0 Å². The molecule has 0 saturated carbocycles. The fraction of sp³-hybridized carbons (Fsp3) is 0.467. The molecule has 2 aliphatic heterocycles. The first-order chi connectivity index (χ1) is 8.86. The van der Waals surface area contributed by atoms with Crippen molar-refractivity contribution < 1.29 is 0 Å². The maximum Gasteiger partial charge on any atom is 0.0526 e. The van der Waals surface area contributed by atoms with E-state index in [4.69, 9.17) is 0 Å². The van der Waals surface area contributed by atoms with Gasteiger partial charge in [-0.25, -0.2) is 0 Å². The second-order valence-electron chi connectivity index (χ2n) is 5.46. The van der Waals surface area contributed by atoms with Gasteiger partial charge in [0.2, 0.25) is 0 Å². The van der Waals surface area contributed by atoms with Crippen molar-refractivity contribution in [1.82, 2.24) is 9.88 Å². The Hall–Kier alpha value is -0.800. The van der Waals surface area contributed by atoms with Gasteiger partial charge in [-0.2, -0.15) is 0 Å². The minimum atomic E-state index is 0.678. The smallest absolute Gasteiger partial charge is 0.0526 e. The molecular formula is C15H17BrN2. The Bertz CT molecular complexity index is 608. The van der Waals surface area contributed by atoms with Crippen LogP contribution in [-0.4, -0.2) is 17.7 Å². The molecule has 1 saturated heterocycles. The fourth-order valence-corrected chi connectivity index (χ4v) is 4.47. The normalized spacial score (nSPS) is 22.8. The lowest BCUT2D eigenvalue weighted by atomic mass is 10.0. The van der Waals surface area contributed by atoms with E-state index in [2.05, 4.69) is 44.0 Å². The first-order valence-electron chi connectivity index (χ1n) is 6.86. The molecule has 1 N–H and O–H groups in total. The SMILES string of the molecule is Brc1c(C2CCNC2)n2c3c(cccc13)CCC2. The summed E-state index contributed by atoms with van der Waals surface area (Å²) < 4.78 is 3.92. The highest BCUT2D eigenvalue weighted by molar-refractivity contribution is 9.10. The van der Waals surface area contributed by atoms with Crippen LogP contribution in [0.2, 0.25) is 0 Å². The molecule has 1 aromatic heterocycles. The maximum absolute atomic E-state index is 3.87. The van der Waals surface area contributed by atoms with E-state index < -0.39 is 0 Å². The topological polar surface area (TPSA) is 17.0 Å². The summed E-state index contributed by atoms with van der Waals surface area (Å²) in [4.78, 5) is 0. The van der Waals surface area contributed by atoms with Crippen LogP contribution in [0.25, 0.3) is 10.9 Å². The number of rotatable bonds is 1. The molecule has 0 radical (unpaired) electrons. The van der Waals surface area contributed by atoms with E-state index in [1.165, 1.54) is 52.4 Å². The molecule has 3 heteroatoms. The van der Waals surface area contributed by atoms with E-state index >= 15 is 0 Å². The second kappa shape index (κ2) is 4.10. The molecule has 94 valence electrons. The summed E-state index contributed by atoms with van der Waals surface area (Å²) in [6.07, 6.45) is 3.78. The van der Waals surface area contributed by atoms with E-state index in [1.807, 2.05) is 0 Å². The number of hydrogen-bond acceptors (Lipinski definition) is 1. The summed E-state index contributed by atoms with van der Waals surface area (Å²) in [6, 6.07) is 6.76. The zero-order valence-electron chi connectivity index (χ0n) is 10.4. The average Bonchev–Trinajstić information content (AvgIpc) is 3.00. The van der Waals surface area contributed by atoms with Gasteiger partial charge in [0.15, 0.2) is 0 Å². The molecule has 0 amide bonds. The number of aromatic nitrogens is 1. The van der Waals surface area contributed by atoms with Crippen molar-refractivity contribution in [1.29, 1.82) is 0 Å². The molecule has 1 aromatic carbocycles. The van der Waals surface area contributed by atoms with E-state index in [9.17, 15) is 0 Å². The van der Waals surface area contributed by atoms with Crippen LogP contribution in [0.4, 0.5) is 0 Å². The molecule has 0 aliphatic carbocycles. The molecule has 0 spiro atoms. The fourth-order valence-electron chi connectivity index (χ4n) is 3.61. The zero-order valence-corrected chi connectivity index (χ0v) is 12.0. The lowest BCUT2D eigenvalue weighted by molar-refractivity contribution is 0.580. The van der Waals surface area contributed by atoms with Crippen molar-refractivity contribution >= 4 is 26.8 Å². The van der Waals surface area contributed by atoms with E-state index in [0.717, 1.165) is 13.1 Å². The summed E-state index contributed by atoms with van der Waals surface area (Å²) >= 11 is 3.87. The molecule has 0 bridgehead atoms. The Balaban J connectivity index is 2.02. The second-order valence-corrected chi connectivity index (χ2v) is 6.25. The van der Waals surface area contributed by atoms with Crippen LogP contribution in [0.3, 0.4) is 0 Å². The highest BCUT2D eigenvalue weighted by Crippen LogP contribution is 2.40. The molecule has 1 unspecified atom stereocenters. The summed E-state index contributed by atoms with van der Waals surface area (Å²) in [5.41, 5.74) is 4.54. The Morgan fingerprint density at radius 1 is 1.33 bits per heavy atom. The Morgan fingerprint density at radius 2 is 2.28 bits per heavy atom. The average molecular weight is 305 g/mol. The van der Waals surface area contributed by atoms with Crippen LogP contribution >= 0.6 is 15.9 Å². The van der Waals surface area contributed by atoms with Gasteiger partial charge in [0.25, 0.3) is 0 Å². The molecule has 2 nitrogen and oxygen atoms in total. The van der Waals surface area contributed by atoms with Crippen LogP contribution in [0.5, 0.6) is 0 Å². The lowest BCUT2D eigenvalue weighted by Crippen LogP contribution is -2.15. The monoisotopic (exact) mass is 304 g/mol. The lowest BCUT2D eigenvalue weighted by Gasteiger charge is -2.20. The van der Waals surface area contributed by atoms with Gasteiger partial charge >= 0.3 is 0 Å². The number of nitrogens with one attached hydrogen (secondary N) is 1. The zero-order chi connectivity index (χ0) is 12.1.